The number of para-hydroxylation sites is 1. The van der Waals surface area contributed by atoms with Gasteiger partial charge in [-0.25, -0.2) is 9.59 Å². The summed E-state index contributed by atoms with van der Waals surface area (Å²) >= 11 is 0. The lowest BCUT2D eigenvalue weighted by molar-refractivity contribution is -0.147. The molecule has 3 N–H and O–H groups in total. The van der Waals surface area contributed by atoms with Crippen molar-refractivity contribution >= 4 is 63.3 Å². The summed E-state index contributed by atoms with van der Waals surface area (Å²) in [6.07, 6.45) is 0.914. The highest BCUT2D eigenvalue weighted by atomic mass is 16.6. The number of nitrogens with one attached hydrogen (secondary N) is 3. The lowest BCUT2D eigenvalue weighted by Crippen LogP contribution is -2.62. The summed E-state index contributed by atoms with van der Waals surface area (Å²) in [7, 11) is 0. The number of nitrogens with zero attached hydrogens (tertiary/aromatic N) is 6. The number of anilines is 1. The van der Waals surface area contributed by atoms with Gasteiger partial charge in [-0.15, -0.1) is 0 Å². The van der Waals surface area contributed by atoms with Crippen LogP contribution >= 0.6 is 0 Å². The quantitative estimate of drug-likeness (QED) is 0.249. The minimum Gasteiger partial charge on any atom is -0.444 e. The number of piperazine rings is 1. The number of benzene rings is 2. The molecule has 18 nitrogen and oxygen atoms in total. The number of carbonyl (C=O) groups excluding carboxylic acids is 6. The van der Waals surface area contributed by atoms with Gasteiger partial charge in [-0.2, -0.15) is 0 Å². The second kappa shape index (κ2) is 14.9. The number of rotatable bonds is 5. The summed E-state index contributed by atoms with van der Waals surface area (Å²) in [6, 6.07) is 7.73. The Morgan fingerprint density at radius 3 is 2.45 bits per heavy atom. The third kappa shape index (κ3) is 7.26. The van der Waals surface area contributed by atoms with Gasteiger partial charge in [-0.05, 0) is 77.6 Å². The summed E-state index contributed by atoms with van der Waals surface area (Å²) in [5, 5.41) is 9.65. The van der Waals surface area contributed by atoms with E-state index in [0.717, 1.165) is 11.3 Å². The third-order valence-electron chi connectivity index (χ3n) is 11.5. The van der Waals surface area contributed by atoms with Gasteiger partial charge in [-0.3, -0.25) is 33.9 Å². The zero-order valence-electron chi connectivity index (χ0n) is 32.9. The average Bonchev–Trinajstić information content (AvgIpc) is 3.88. The smallest absolute Gasteiger partial charge is 0.408 e. The number of imidazole rings is 1. The highest BCUT2D eigenvalue weighted by molar-refractivity contribution is 6.05. The number of carbonyl (C=O) groups is 6. The Morgan fingerprint density at radius 2 is 1.71 bits per heavy atom. The van der Waals surface area contributed by atoms with Crippen molar-refractivity contribution in [3.05, 3.63) is 58.1 Å². The highest BCUT2D eigenvalue weighted by Crippen LogP contribution is 2.33. The van der Waals surface area contributed by atoms with Crippen LogP contribution in [0.1, 0.15) is 75.0 Å². The number of fused-ring (bicyclic) bond motifs is 3. The van der Waals surface area contributed by atoms with Crippen LogP contribution in [0.2, 0.25) is 0 Å². The summed E-state index contributed by atoms with van der Waals surface area (Å²) in [4.78, 5) is 103. The number of aromatic amines is 1. The molecule has 18 heteroatoms. The topological polar surface area (TPSA) is 212 Å². The van der Waals surface area contributed by atoms with Gasteiger partial charge in [0.1, 0.15) is 23.7 Å². The molecule has 8 rings (SSSR count). The van der Waals surface area contributed by atoms with Crippen LogP contribution in [0.25, 0.3) is 22.0 Å². The largest absolute Gasteiger partial charge is 0.444 e. The van der Waals surface area contributed by atoms with E-state index in [4.69, 9.17) is 9.26 Å². The number of piperidine rings is 1. The van der Waals surface area contributed by atoms with E-state index >= 15 is 0 Å². The first-order valence-corrected chi connectivity index (χ1v) is 19.7. The predicted octanol–water partition coefficient (Wildman–Crippen LogP) is 2.20. The van der Waals surface area contributed by atoms with E-state index in [2.05, 4.69) is 25.7 Å². The lowest BCUT2D eigenvalue weighted by atomic mass is 10.1. The summed E-state index contributed by atoms with van der Waals surface area (Å²) in [6.45, 7) is 8.70. The molecule has 1 unspecified atom stereocenters. The molecule has 4 fully saturated rings. The monoisotopic (exact) mass is 797 g/mol. The second-order valence-corrected chi connectivity index (χ2v) is 16.5. The van der Waals surface area contributed by atoms with Crippen LogP contribution in [-0.4, -0.2) is 128 Å². The fourth-order valence-electron chi connectivity index (χ4n) is 8.73. The molecule has 6 amide bonds. The first-order chi connectivity index (χ1) is 27.7. The normalized spacial score (nSPS) is 23.1. The van der Waals surface area contributed by atoms with E-state index in [9.17, 15) is 33.6 Å². The van der Waals surface area contributed by atoms with Crippen LogP contribution in [0.4, 0.5) is 10.5 Å². The van der Waals surface area contributed by atoms with Gasteiger partial charge in [0.15, 0.2) is 11.3 Å². The van der Waals surface area contributed by atoms with E-state index in [1.165, 1.54) is 9.47 Å². The van der Waals surface area contributed by atoms with Crippen molar-refractivity contribution in [3.63, 3.8) is 0 Å². The van der Waals surface area contributed by atoms with E-state index in [-0.39, 0.29) is 49.5 Å². The molecular formula is C40H47N9O9. The number of aromatic nitrogens is 3. The Hall–Kier alpha value is -6.20. The van der Waals surface area contributed by atoms with Gasteiger partial charge in [0.05, 0.1) is 28.7 Å². The number of aryl methyl sites for hydroxylation is 1. The molecule has 6 heterocycles. The maximum absolute atomic E-state index is 14.6. The first kappa shape index (κ1) is 38.7. The van der Waals surface area contributed by atoms with Crippen LogP contribution < -0.4 is 21.2 Å². The van der Waals surface area contributed by atoms with Gasteiger partial charge < -0.3 is 39.2 Å². The Morgan fingerprint density at radius 1 is 0.931 bits per heavy atom. The molecule has 4 saturated heterocycles. The van der Waals surface area contributed by atoms with Crippen molar-refractivity contribution in [1.29, 1.82) is 0 Å². The van der Waals surface area contributed by atoms with Gasteiger partial charge in [0.2, 0.25) is 23.6 Å². The summed E-state index contributed by atoms with van der Waals surface area (Å²) in [5.41, 5.74) is 2.05. The van der Waals surface area contributed by atoms with E-state index in [0.29, 0.717) is 67.4 Å². The number of amides is 6. The Balaban J connectivity index is 0.991. The van der Waals surface area contributed by atoms with Crippen molar-refractivity contribution in [2.75, 3.05) is 44.2 Å². The minimum absolute atomic E-state index is 0.118. The van der Waals surface area contributed by atoms with Gasteiger partial charge in [0, 0.05) is 45.2 Å². The van der Waals surface area contributed by atoms with Crippen molar-refractivity contribution in [2.45, 2.75) is 89.6 Å². The fourth-order valence-corrected chi connectivity index (χ4v) is 8.73. The third-order valence-corrected chi connectivity index (χ3v) is 11.5. The average molecular weight is 798 g/mol. The van der Waals surface area contributed by atoms with E-state index < -0.39 is 53.2 Å². The van der Waals surface area contributed by atoms with Crippen LogP contribution in [0, 0.1) is 6.92 Å². The molecule has 0 saturated carbocycles. The van der Waals surface area contributed by atoms with Gasteiger partial charge >= 0.3 is 11.8 Å². The highest BCUT2D eigenvalue weighted by Gasteiger charge is 2.47. The molecule has 2 aromatic heterocycles. The van der Waals surface area contributed by atoms with Crippen molar-refractivity contribution in [3.8, 4) is 0 Å². The molecular weight excluding hydrogens is 750 g/mol. The number of imide groups is 1. The molecule has 4 atom stereocenters. The molecule has 58 heavy (non-hydrogen) atoms. The second-order valence-electron chi connectivity index (χ2n) is 16.5. The molecule has 0 bridgehead atoms. The van der Waals surface area contributed by atoms with E-state index in [1.807, 2.05) is 31.2 Å². The molecule has 306 valence electrons. The number of hydrogen-bond donors (Lipinski definition) is 3. The zero-order valence-corrected chi connectivity index (χ0v) is 32.9. The van der Waals surface area contributed by atoms with Gasteiger partial charge in [0.25, 0.3) is 5.91 Å². The maximum atomic E-state index is 14.6. The van der Waals surface area contributed by atoms with Crippen molar-refractivity contribution in [1.82, 2.24) is 40.0 Å². The number of H-pyrrole nitrogens is 1. The van der Waals surface area contributed by atoms with Crippen molar-refractivity contribution < 1.29 is 38.0 Å². The molecule has 4 aliphatic rings. The maximum Gasteiger partial charge on any atom is 0.408 e. The molecule has 4 aliphatic heterocycles. The van der Waals surface area contributed by atoms with Gasteiger partial charge in [-0.1, -0.05) is 22.9 Å². The minimum atomic E-state index is -1.21. The molecule has 2 aromatic carbocycles. The van der Waals surface area contributed by atoms with Crippen LogP contribution in [0.15, 0.2) is 45.7 Å². The van der Waals surface area contributed by atoms with Crippen molar-refractivity contribution in [2.24, 2.45) is 0 Å². The SMILES string of the molecule is Cc1ccc2onc(C(=O)N3CC[C@H]4CC[C@@H](C(=O)N5CCN(c6cccc7c6[nH]c(=O)n7C6CCC(=O)NC6=O)CC5)N4C(=O)[C@@H](NC(=O)OC(C)(C)C)C3)c2c1. The number of hydrogen-bond acceptors (Lipinski definition) is 11. The summed E-state index contributed by atoms with van der Waals surface area (Å²) in [5.74, 6) is -1.98. The lowest BCUT2D eigenvalue weighted by Gasteiger charge is -2.41. The molecule has 0 spiro atoms. The molecule has 4 aromatic rings. The Bertz CT molecular complexity index is 2380. The Labute approximate surface area is 332 Å². The van der Waals surface area contributed by atoms with Crippen LogP contribution in [-0.2, 0) is 23.9 Å². The fraction of sp³-hybridized carbons (Fsp3) is 0.500. The predicted molar refractivity (Wildman–Crippen MR) is 209 cm³/mol. The Kier molecular flexibility index (Phi) is 9.97. The van der Waals surface area contributed by atoms with Crippen LogP contribution in [0.5, 0.6) is 0 Å². The van der Waals surface area contributed by atoms with E-state index in [1.54, 1.807) is 42.7 Å². The first-order valence-electron chi connectivity index (χ1n) is 19.7. The molecule has 0 radical (unpaired) electrons. The number of alkyl carbamates (subject to hydrolysis) is 1. The van der Waals surface area contributed by atoms with Crippen LogP contribution in [0.3, 0.4) is 0 Å². The number of ether oxygens (including phenoxy) is 1. The standard InChI is InChI=1S/C40H47N9O9/c1-22-8-12-30-24(20-22)32(44-58-30)37(54)47-15-14-23-9-10-29(48(23)35(52)25(21-47)41-39(56)57-40(2,3)4)36(53)46-18-16-45(17-19-46)26-6-5-7-27-33(26)43-38(55)49(27)28-11-13-31(50)42-34(28)51/h5-8,12,20,23,25,28-29H,9-11,13-19,21H2,1-4H3,(H,41,56)(H,43,55)(H,42,50,51)/t23-,25+,28?,29+/m1/s1. The molecule has 0 aliphatic carbocycles. The summed E-state index contributed by atoms with van der Waals surface area (Å²) < 4.78 is 12.4. The zero-order chi connectivity index (χ0) is 41.0.